The zero-order chi connectivity index (χ0) is 37.4. The van der Waals surface area contributed by atoms with Crippen LogP contribution in [0.3, 0.4) is 0 Å². The summed E-state index contributed by atoms with van der Waals surface area (Å²) in [5.74, 6) is 0.977. The highest BCUT2D eigenvalue weighted by molar-refractivity contribution is 5.94. The summed E-state index contributed by atoms with van der Waals surface area (Å²) in [6.45, 7) is 19.4. The Morgan fingerprint density at radius 3 is 2.39 bits per heavy atom. The van der Waals surface area contributed by atoms with Crippen LogP contribution in [0.2, 0.25) is 0 Å². The van der Waals surface area contributed by atoms with E-state index in [1.165, 1.54) is 0 Å². The molecule has 3 heterocycles. The summed E-state index contributed by atoms with van der Waals surface area (Å²) in [5, 5.41) is 17.2. The number of pyridine rings is 1. The molecule has 5 rings (SSSR count). The van der Waals surface area contributed by atoms with E-state index in [0.29, 0.717) is 41.0 Å². The molecule has 0 spiro atoms. The van der Waals surface area contributed by atoms with Gasteiger partial charge in [-0.1, -0.05) is 72.7 Å². The van der Waals surface area contributed by atoms with Crippen LogP contribution in [0.25, 0.3) is 5.65 Å². The number of carbonyl (C=O) groups excluding carboxylic acids is 3. The first-order chi connectivity index (χ1) is 23.9. The van der Waals surface area contributed by atoms with Gasteiger partial charge in [-0.15, -0.1) is 10.2 Å². The molecule has 4 aromatic rings. The maximum absolute atomic E-state index is 13.6. The number of hydrogen-bond acceptors (Lipinski definition) is 9. The number of ether oxygens (including phenoxy) is 1. The molecule has 2 atom stereocenters. The second-order valence-corrected chi connectivity index (χ2v) is 15.6. The van der Waals surface area contributed by atoms with E-state index in [2.05, 4.69) is 68.7 Å². The zero-order valence-corrected chi connectivity index (χ0v) is 31.2. The molecule has 270 valence electrons. The van der Waals surface area contributed by atoms with Gasteiger partial charge in [0.1, 0.15) is 29.0 Å². The first-order valence-electron chi connectivity index (χ1n) is 17.1. The number of aromatic nitrogens is 5. The van der Waals surface area contributed by atoms with Gasteiger partial charge in [0.25, 0.3) is 5.91 Å². The van der Waals surface area contributed by atoms with Crippen LogP contribution in [0.4, 0.5) is 10.6 Å². The molecule has 0 saturated carbocycles. The van der Waals surface area contributed by atoms with Crippen molar-refractivity contribution in [3.63, 3.8) is 0 Å². The van der Waals surface area contributed by atoms with Crippen molar-refractivity contribution in [1.29, 1.82) is 0 Å². The molecular weight excluding hydrogens is 646 g/mol. The van der Waals surface area contributed by atoms with Gasteiger partial charge in [0.2, 0.25) is 5.82 Å². The third-order valence-electron chi connectivity index (χ3n) is 9.19. The SMILES string of the molecule is CCN(C)C(C)(C)CNC(=O)c1nc(NC(=O)N[C@@]2(C=O)C=C[C@@H](Oc3ccc4nnc(C(C)(C)C)n4c3)c3ccccc32)cc(C(C)(C)C)n1. The largest absolute Gasteiger partial charge is 0.480 e. The number of rotatable bonds is 10. The number of hydrogen-bond donors (Lipinski definition) is 3. The van der Waals surface area contributed by atoms with E-state index in [1.807, 2.05) is 76.5 Å². The highest BCUT2D eigenvalue weighted by Gasteiger charge is 2.39. The van der Waals surface area contributed by atoms with E-state index in [4.69, 9.17) is 4.74 Å². The number of fused-ring (bicyclic) bond motifs is 2. The van der Waals surface area contributed by atoms with Gasteiger partial charge in [-0.3, -0.25) is 24.2 Å². The number of carbonyl (C=O) groups is 3. The molecule has 3 amide bonds. The van der Waals surface area contributed by atoms with Crippen LogP contribution in [-0.4, -0.2) is 73.4 Å². The molecule has 0 saturated heterocycles. The second kappa shape index (κ2) is 13.9. The Labute approximate surface area is 299 Å². The summed E-state index contributed by atoms with van der Waals surface area (Å²) < 4.78 is 8.35. The first-order valence-corrected chi connectivity index (χ1v) is 17.1. The summed E-state index contributed by atoms with van der Waals surface area (Å²) in [6.07, 6.45) is 5.36. The number of amides is 3. The average Bonchev–Trinajstić information content (AvgIpc) is 3.51. The van der Waals surface area contributed by atoms with Gasteiger partial charge in [0.15, 0.2) is 11.9 Å². The van der Waals surface area contributed by atoms with Crippen molar-refractivity contribution in [2.45, 2.75) is 90.3 Å². The standard InChI is InChI=1S/C38H49N9O4/c1-11-46(10)37(8,9)22-39-32(49)31-40-28(35(2,3)4)20-29(41-31)42-34(50)43-38(23-48)19-18-27(25-14-12-13-15-26(25)38)51-24-16-17-30-44-45-33(36(5,6)7)47(30)21-24/h12-21,23,27H,11,22H2,1-10H3,(H,39,49)(H2,40,41,42,43,50)/t27-,38-/m1/s1. The first kappa shape index (κ1) is 37.1. The molecule has 0 aliphatic heterocycles. The van der Waals surface area contributed by atoms with E-state index in [1.54, 1.807) is 30.4 Å². The lowest BCUT2D eigenvalue weighted by atomic mass is 9.81. The Morgan fingerprint density at radius 2 is 1.73 bits per heavy atom. The summed E-state index contributed by atoms with van der Waals surface area (Å²) in [5.41, 5.74) is 0.0412. The predicted octanol–water partition coefficient (Wildman–Crippen LogP) is 5.48. The molecule has 0 bridgehead atoms. The summed E-state index contributed by atoms with van der Waals surface area (Å²) in [7, 11) is 1.99. The number of benzene rings is 1. The molecule has 3 aromatic heterocycles. The summed E-state index contributed by atoms with van der Waals surface area (Å²) >= 11 is 0. The Morgan fingerprint density at radius 1 is 1.00 bits per heavy atom. The van der Waals surface area contributed by atoms with Gasteiger partial charge in [-0.25, -0.2) is 14.8 Å². The van der Waals surface area contributed by atoms with Crippen molar-refractivity contribution >= 4 is 29.7 Å². The molecule has 1 aliphatic rings. The van der Waals surface area contributed by atoms with Gasteiger partial charge in [0, 0.05) is 34.5 Å². The number of urea groups is 1. The molecule has 0 radical (unpaired) electrons. The van der Waals surface area contributed by atoms with E-state index < -0.39 is 29.0 Å². The van der Waals surface area contributed by atoms with Crippen molar-refractivity contribution in [3.05, 3.63) is 89.3 Å². The minimum absolute atomic E-state index is 0.0695. The summed E-state index contributed by atoms with van der Waals surface area (Å²) in [6, 6.07) is 11.9. The molecular formula is C38H49N9O4. The smallest absolute Gasteiger partial charge is 0.321 e. The lowest BCUT2D eigenvalue weighted by molar-refractivity contribution is -0.111. The van der Waals surface area contributed by atoms with Crippen LogP contribution in [0.15, 0.2) is 60.8 Å². The maximum Gasteiger partial charge on any atom is 0.321 e. The third-order valence-corrected chi connectivity index (χ3v) is 9.19. The Bertz CT molecular complexity index is 1970. The number of aldehydes is 1. The van der Waals surface area contributed by atoms with Crippen LogP contribution in [0, 0.1) is 0 Å². The fourth-order valence-corrected chi connectivity index (χ4v) is 5.77. The highest BCUT2D eigenvalue weighted by Crippen LogP contribution is 2.37. The van der Waals surface area contributed by atoms with Crippen molar-refractivity contribution < 1.29 is 19.1 Å². The molecule has 51 heavy (non-hydrogen) atoms. The van der Waals surface area contributed by atoms with E-state index in [9.17, 15) is 14.4 Å². The minimum Gasteiger partial charge on any atom is -0.480 e. The van der Waals surface area contributed by atoms with Crippen LogP contribution >= 0.6 is 0 Å². The molecule has 1 aliphatic carbocycles. The van der Waals surface area contributed by atoms with Crippen molar-refractivity contribution in [2.24, 2.45) is 0 Å². The lowest BCUT2D eigenvalue weighted by Gasteiger charge is -2.35. The zero-order valence-electron chi connectivity index (χ0n) is 31.2. The fourth-order valence-electron chi connectivity index (χ4n) is 5.77. The van der Waals surface area contributed by atoms with Crippen molar-refractivity contribution in [3.8, 4) is 5.75 Å². The molecule has 13 heteroatoms. The highest BCUT2D eigenvalue weighted by atomic mass is 16.5. The second-order valence-electron chi connectivity index (χ2n) is 15.6. The normalized spacial score (nSPS) is 17.6. The Balaban J connectivity index is 1.38. The van der Waals surface area contributed by atoms with Crippen LogP contribution in [-0.2, 0) is 21.2 Å². The van der Waals surface area contributed by atoms with Crippen molar-refractivity contribution in [1.82, 2.24) is 40.1 Å². The Kier molecular flexibility index (Phi) is 10.1. The summed E-state index contributed by atoms with van der Waals surface area (Å²) in [4.78, 5) is 50.8. The third kappa shape index (κ3) is 7.93. The van der Waals surface area contributed by atoms with Gasteiger partial charge in [-0.05, 0) is 57.3 Å². The molecule has 0 fully saturated rings. The van der Waals surface area contributed by atoms with Gasteiger partial charge < -0.3 is 15.4 Å². The van der Waals surface area contributed by atoms with Crippen molar-refractivity contribution in [2.75, 3.05) is 25.5 Å². The molecule has 3 N–H and O–H groups in total. The van der Waals surface area contributed by atoms with Gasteiger partial charge in [0.05, 0.1) is 11.9 Å². The van der Waals surface area contributed by atoms with E-state index in [-0.39, 0.29) is 22.6 Å². The number of likely N-dealkylation sites (N-methyl/N-ethyl adjacent to an activating group) is 1. The average molecular weight is 696 g/mol. The van der Waals surface area contributed by atoms with E-state index >= 15 is 0 Å². The predicted molar refractivity (Wildman–Crippen MR) is 196 cm³/mol. The lowest BCUT2D eigenvalue weighted by Crippen LogP contribution is -2.50. The number of anilines is 1. The van der Waals surface area contributed by atoms with Gasteiger partial charge >= 0.3 is 6.03 Å². The maximum atomic E-state index is 13.6. The van der Waals surface area contributed by atoms with Gasteiger partial charge in [-0.2, -0.15) is 0 Å². The number of nitrogens with one attached hydrogen (secondary N) is 3. The van der Waals surface area contributed by atoms with E-state index in [0.717, 1.165) is 12.4 Å². The Hall–Kier alpha value is -5.17. The topological polar surface area (TPSA) is 156 Å². The molecule has 1 aromatic carbocycles. The van der Waals surface area contributed by atoms with Crippen LogP contribution < -0.4 is 20.7 Å². The quantitative estimate of drug-likeness (QED) is 0.144. The minimum atomic E-state index is -1.50. The van der Waals surface area contributed by atoms with Crippen LogP contribution in [0.1, 0.15) is 102 Å². The fraction of sp³-hybridized carbons (Fsp3) is 0.447. The molecule has 0 unspecified atom stereocenters. The monoisotopic (exact) mass is 695 g/mol. The number of nitrogens with zero attached hydrogens (tertiary/aromatic N) is 6. The molecule has 13 nitrogen and oxygen atoms in total. The van der Waals surface area contributed by atoms with Crippen LogP contribution in [0.5, 0.6) is 5.75 Å².